The van der Waals surface area contributed by atoms with Crippen molar-refractivity contribution >= 4 is 110 Å². The van der Waals surface area contributed by atoms with Crippen LogP contribution in [-0.4, -0.2) is 164 Å². The molecule has 15 N–H and O–H groups in total. The van der Waals surface area contributed by atoms with Crippen molar-refractivity contribution in [2.45, 2.75) is 68.0 Å². The summed E-state index contributed by atoms with van der Waals surface area (Å²) in [6.07, 6.45) is -4.12. The second kappa shape index (κ2) is 25.8. The number of nitrogens with one attached hydrogen (secondary N) is 8. The Morgan fingerprint density at radius 3 is 2.09 bits per heavy atom. The van der Waals surface area contributed by atoms with Gasteiger partial charge in [0.15, 0.2) is 5.75 Å². The number of aliphatic carboxylic acids is 1. The van der Waals surface area contributed by atoms with Crippen LogP contribution in [0.2, 0.25) is 5.02 Å². The number of carboxylic acid groups (broad SMARTS) is 1. The van der Waals surface area contributed by atoms with Crippen molar-refractivity contribution in [1.82, 2.24) is 42.1 Å². The lowest BCUT2D eigenvalue weighted by molar-refractivity contribution is -0.385. The number of primary amides is 2. The molecule has 2 fully saturated rings. The molecule has 2 heterocycles. The van der Waals surface area contributed by atoms with Crippen LogP contribution in [0.1, 0.15) is 24.8 Å². The van der Waals surface area contributed by atoms with Crippen molar-refractivity contribution in [2.75, 3.05) is 36.5 Å². The van der Waals surface area contributed by atoms with E-state index in [4.69, 9.17) is 23.1 Å². The van der Waals surface area contributed by atoms with Crippen LogP contribution < -0.4 is 54.0 Å². The number of phenolic OH excluding ortho intramolecular Hbond substituents is 1. The number of carbonyl (C=O) groups excluding carboxylic acids is 10. The number of hydrogen-bond donors (Lipinski definition) is 13. The first-order valence-electron chi connectivity index (χ1n) is 20.6. The Labute approximate surface area is 408 Å². The van der Waals surface area contributed by atoms with Gasteiger partial charge in [-0.2, -0.15) is 0 Å². The zero-order chi connectivity index (χ0) is 51.8. The Balaban J connectivity index is 1.68. The van der Waals surface area contributed by atoms with E-state index in [1.54, 1.807) is 0 Å². The lowest BCUT2D eigenvalue weighted by Gasteiger charge is -2.27. The highest BCUT2D eigenvalue weighted by atomic mass is 35.5. The van der Waals surface area contributed by atoms with Gasteiger partial charge < -0.3 is 74.2 Å². The molecule has 0 aromatic heterocycles. The first-order valence-corrected chi connectivity index (χ1v) is 23.4. The minimum Gasteiger partial charge on any atom is -0.502 e. The van der Waals surface area contributed by atoms with Crippen LogP contribution in [0.3, 0.4) is 0 Å². The number of nitro benzene ring substituents is 1. The van der Waals surface area contributed by atoms with Crippen molar-refractivity contribution in [3.05, 3.63) is 63.2 Å². The second-order valence-electron chi connectivity index (χ2n) is 15.4. The van der Waals surface area contributed by atoms with Crippen molar-refractivity contribution in [3.8, 4) is 5.75 Å². The summed E-state index contributed by atoms with van der Waals surface area (Å²) in [5.41, 5.74) is 10.3. The van der Waals surface area contributed by atoms with Gasteiger partial charge in [0.05, 0.1) is 37.0 Å². The second-order valence-corrected chi connectivity index (χ2v) is 18.4. The third-order valence-corrected chi connectivity index (χ3v) is 12.7. The number of hydrogen-bond acceptors (Lipinski definition) is 17. The number of carboxylic acids is 1. The number of halogens is 1. The number of nitrogens with two attached hydrogens (primary N) is 2. The van der Waals surface area contributed by atoms with Gasteiger partial charge in [0.25, 0.3) is 0 Å². The summed E-state index contributed by atoms with van der Waals surface area (Å²) in [6.45, 7) is -2.33. The highest BCUT2D eigenvalue weighted by Crippen LogP contribution is 2.27. The average Bonchev–Trinajstić information content (AvgIpc) is 3.69. The number of aliphatic hydroxyl groups is 1. The Morgan fingerprint density at radius 2 is 1.44 bits per heavy atom. The largest absolute Gasteiger partial charge is 0.502 e. The zero-order valence-corrected chi connectivity index (χ0v) is 38.7. The fourth-order valence-corrected chi connectivity index (χ4v) is 9.09. The molecule has 2 aliphatic heterocycles. The van der Waals surface area contributed by atoms with E-state index in [9.17, 15) is 78.2 Å². The molecule has 4 rings (SSSR count). The van der Waals surface area contributed by atoms with Crippen molar-refractivity contribution in [3.63, 3.8) is 0 Å². The topological polar surface area (TPSA) is 443 Å². The van der Waals surface area contributed by atoms with Crippen LogP contribution in [-0.2, 0) is 54.4 Å². The maximum absolute atomic E-state index is 13.7. The number of benzene rings is 2. The van der Waals surface area contributed by atoms with Gasteiger partial charge in [-0.25, -0.2) is 4.79 Å². The summed E-state index contributed by atoms with van der Waals surface area (Å²) >= 11 is 5.92. The standard InChI is InChI=1S/C39H47ClN12O16S2/c40-18-2-4-19(5-3-18)45-39(66)50-25-16-70-69-15-24(33(42)60)49-36(63)22(10-29(41)55)48-38(65)27-9-20(53)14-51(27)31(57)13-44-34(61)21(7-17-1-6-28(54)26(8-17)52(67)68)46-30(56)12-43-35(62)23(11-32(58)59)47-37(25)64/h1-6,8,20-25,27,53-54H,7,9-16H2,(H2,41,55)(H2,42,60)(H,43,62)(H,44,61)(H,46,56)(H,47,64)(H,48,65)(H,49,63)(H,58,59)(H2,45,50,66)/t20-,21+,22+,23-,24-,25-,27+/m1/s1. The number of amides is 11. The number of fused-ring (bicyclic) bond motifs is 1. The predicted molar refractivity (Wildman–Crippen MR) is 246 cm³/mol. The maximum atomic E-state index is 13.7. The Hall–Kier alpha value is -7.44. The summed E-state index contributed by atoms with van der Waals surface area (Å²) in [5, 5.41) is 60.3. The van der Waals surface area contributed by atoms with Crippen molar-refractivity contribution < 1.29 is 73.0 Å². The molecule has 7 atom stereocenters. The van der Waals surface area contributed by atoms with Gasteiger partial charge >= 0.3 is 17.7 Å². The minimum atomic E-state index is -1.91. The van der Waals surface area contributed by atoms with Gasteiger partial charge in [-0.1, -0.05) is 39.3 Å². The molecule has 2 aliphatic rings. The number of aliphatic hydroxyl groups excluding tert-OH is 1. The molecule has 11 amide bonds. The highest BCUT2D eigenvalue weighted by molar-refractivity contribution is 8.76. The molecule has 31 heteroatoms. The SMILES string of the molecule is NC(=O)C[C@@H]1NC(=O)[C@@H]2C[C@@H](O)CN2C(=O)CNC(=O)[C@H](Cc2ccc(O)c([N+](=O)[O-])c2)NC(=O)CNC(=O)[C@@H](CC(=O)O)NC(=O)[C@H](NC(=O)Nc2ccc(Cl)cc2)CSSC[C@H](C(N)=O)NC1=O. The molecule has 2 aromatic carbocycles. The van der Waals surface area contributed by atoms with E-state index in [-0.39, 0.29) is 29.2 Å². The van der Waals surface area contributed by atoms with E-state index in [1.807, 2.05) is 0 Å². The fourth-order valence-electron chi connectivity index (χ4n) is 6.62. The maximum Gasteiger partial charge on any atom is 0.319 e. The molecular formula is C39H47ClN12O16S2. The first-order chi connectivity index (χ1) is 33.0. The number of nitro groups is 1. The molecule has 2 aromatic rings. The molecule has 0 radical (unpaired) electrons. The van der Waals surface area contributed by atoms with Crippen LogP contribution in [0.5, 0.6) is 5.75 Å². The molecule has 70 heavy (non-hydrogen) atoms. The third-order valence-electron chi connectivity index (χ3n) is 10.1. The van der Waals surface area contributed by atoms with Gasteiger partial charge in [-0.15, -0.1) is 0 Å². The van der Waals surface area contributed by atoms with Crippen LogP contribution in [0.25, 0.3) is 0 Å². The Kier molecular flexibility index (Phi) is 20.3. The van der Waals surface area contributed by atoms with Gasteiger partial charge in [0, 0.05) is 47.7 Å². The predicted octanol–water partition coefficient (Wildman–Crippen LogP) is -3.95. The molecule has 0 aliphatic carbocycles. The van der Waals surface area contributed by atoms with Crippen LogP contribution in [0, 0.1) is 10.1 Å². The minimum absolute atomic E-state index is 0.00174. The number of carbonyl (C=O) groups is 11. The number of anilines is 1. The normalized spacial score (nSPS) is 23.7. The number of phenols is 1. The smallest absolute Gasteiger partial charge is 0.319 e. The molecule has 378 valence electrons. The molecule has 0 spiro atoms. The summed E-state index contributed by atoms with van der Waals surface area (Å²) < 4.78 is 0. The quantitative estimate of drug-likeness (QED) is 0.0614. The summed E-state index contributed by atoms with van der Waals surface area (Å²) in [7, 11) is 1.66. The molecular weight excluding hydrogens is 992 g/mol. The Bertz CT molecular complexity index is 2380. The van der Waals surface area contributed by atoms with E-state index in [0.29, 0.717) is 5.02 Å². The van der Waals surface area contributed by atoms with Crippen molar-refractivity contribution in [1.29, 1.82) is 0 Å². The van der Waals surface area contributed by atoms with Gasteiger partial charge in [-0.05, 0) is 35.9 Å². The average molecular weight is 1040 g/mol. The van der Waals surface area contributed by atoms with Crippen molar-refractivity contribution in [2.24, 2.45) is 11.5 Å². The lowest BCUT2D eigenvalue weighted by atomic mass is 10.0. The van der Waals surface area contributed by atoms with Gasteiger partial charge in [0.1, 0.15) is 36.3 Å². The van der Waals surface area contributed by atoms with Crippen LogP contribution >= 0.6 is 33.2 Å². The monoisotopic (exact) mass is 1040 g/mol. The fraction of sp³-hybridized carbons (Fsp3) is 0.410. The molecule has 28 nitrogen and oxygen atoms in total. The van der Waals surface area contributed by atoms with Gasteiger partial charge in [-0.3, -0.25) is 58.1 Å². The van der Waals surface area contributed by atoms with Crippen LogP contribution in [0.4, 0.5) is 16.2 Å². The van der Waals surface area contributed by atoms with Crippen LogP contribution in [0.15, 0.2) is 42.5 Å². The Morgan fingerprint density at radius 1 is 0.814 bits per heavy atom. The number of nitrogens with zero attached hydrogens (tertiary/aromatic N) is 2. The van der Waals surface area contributed by atoms with E-state index >= 15 is 0 Å². The molecule has 0 unspecified atom stereocenters. The summed E-state index contributed by atoms with van der Waals surface area (Å²) in [6, 6.07) is -2.16. The van der Waals surface area contributed by atoms with E-state index < -0.39 is 163 Å². The number of rotatable bonds is 10. The van der Waals surface area contributed by atoms with E-state index in [1.165, 1.54) is 30.3 Å². The molecule has 0 saturated carbocycles. The summed E-state index contributed by atoms with van der Waals surface area (Å²) in [4.78, 5) is 156. The number of aromatic hydroxyl groups is 1. The lowest BCUT2D eigenvalue weighted by Crippen LogP contribution is -2.58. The summed E-state index contributed by atoms with van der Waals surface area (Å²) in [5.74, 6) is -13.0. The zero-order valence-electron chi connectivity index (χ0n) is 36.3. The van der Waals surface area contributed by atoms with E-state index in [0.717, 1.165) is 38.6 Å². The molecule has 0 bridgehead atoms. The number of urea groups is 1. The van der Waals surface area contributed by atoms with Gasteiger partial charge in [0.2, 0.25) is 53.2 Å². The first kappa shape index (κ1) is 55.2. The third kappa shape index (κ3) is 17.0. The van der Waals surface area contributed by atoms with E-state index in [2.05, 4.69) is 42.5 Å². The molecule has 2 saturated heterocycles. The highest BCUT2D eigenvalue weighted by Gasteiger charge is 2.41.